The van der Waals surface area contributed by atoms with E-state index in [4.69, 9.17) is 9.11 Å². The monoisotopic (exact) mass is 313 g/mol. The topological polar surface area (TPSA) is 127 Å². The molecule has 0 aromatic heterocycles. The molecule has 0 aliphatic rings. The molecule has 0 fully saturated rings. The first-order valence-electron chi connectivity index (χ1n) is 4.59. The van der Waals surface area contributed by atoms with E-state index in [-0.39, 0.29) is 5.92 Å². The maximum atomic E-state index is 10.6. The fraction of sp³-hybridized carbons (Fsp3) is 0.222. The van der Waals surface area contributed by atoms with Crippen LogP contribution < -0.4 is 0 Å². The van der Waals surface area contributed by atoms with Crippen LogP contribution in [0.2, 0.25) is 0 Å². The third kappa shape index (κ3) is 7.20. The highest BCUT2D eigenvalue weighted by molar-refractivity contribution is 7.81. The van der Waals surface area contributed by atoms with Crippen LogP contribution in [-0.2, 0) is 29.2 Å². The molecule has 0 bridgehead atoms. The Labute approximate surface area is 111 Å². The zero-order valence-electron chi connectivity index (χ0n) is 9.67. The molecule has 2 atom stereocenters. The first-order valence-corrected chi connectivity index (χ1v) is 7.32. The van der Waals surface area contributed by atoms with Gasteiger partial charge in [0, 0.05) is 0 Å². The first kappa shape index (κ1) is 18.0. The van der Waals surface area contributed by atoms with Gasteiger partial charge in [0.25, 0.3) is 0 Å². The van der Waals surface area contributed by atoms with Crippen LogP contribution in [0.5, 0.6) is 0 Å². The van der Waals surface area contributed by atoms with Crippen molar-refractivity contribution in [3.05, 3.63) is 43.9 Å². The van der Waals surface area contributed by atoms with Crippen LogP contribution in [0.1, 0.15) is 0 Å². The summed E-state index contributed by atoms with van der Waals surface area (Å²) in [6.45, 7) is 9.83. The predicted molar refractivity (Wildman–Crippen MR) is 66.7 cm³/mol. The van der Waals surface area contributed by atoms with Crippen molar-refractivity contribution >= 4 is 20.8 Å². The smallest absolute Gasteiger partial charge is 0.264 e. The highest BCUT2D eigenvalue weighted by Crippen LogP contribution is 2.23. The number of hydrogen-bond donors (Lipinski definition) is 2. The molecule has 0 rings (SSSR count). The van der Waals surface area contributed by atoms with Crippen LogP contribution in [0.3, 0.4) is 0 Å². The maximum absolute atomic E-state index is 10.6. The van der Waals surface area contributed by atoms with Crippen molar-refractivity contribution < 1.29 is 34.3 Å². The molecule has 2 unspecified atom stereocenters. The van der Waals surface area contributed by atoms with E-state index in [1.54, 1.807) is 0 Å². The van der Waals surface area contributed by atoms with E-state index in [2.05, 4.69) is 28.1 Å². The number of hydrogen-bond acceptors (Lipinski definition) is 6. The summed E-state index contributed by atoms with van der Waals surface area (Å²) in [6.07, 6.45) is 0.0349. The Hall–Kier alpha value is -1.04. The molecule has 0 aromatic carbocycles. The van der Waals surface area contributed by atoms with Gasteiger partial charge in [0.2, 0.25) is 0 Å². The van der Waals surface area contributed by atoms with Gasteiger partial charge in [-0.15, -0.1) is 19.7 Å². The largest absolute Gasteiger partial charge is 0.397 e. The first-order chi connectivity index (χ1) is 8.54. The second-order valence-electron chi connectivity index (χ2n) is 3.06. The fourth-order valence-electron chi connectivity index (χ4n) is 1.12. The van der Waals surface area contributed by atoms with E-state index in [1.165, 1.54) is 0 Å². The lowest BCUT2D eigenvalue weighted by Gasteiger charge is -2.24. The molecule has 0 aliphatic heterocycles. The van der Waals surface area contributed by atoms with Gasteiger partial charge in [0.15, 0.2) is 0 Å². The van der Waals surface area contributed by atoms with Crippen LogP contribution in [0.4, 0.5) is 0 Å². The Kier molecular flexibility index (Phi) is 6.55. The average molecular weight is 313 g/mol. The minimum Gasteiger partial charge on any atom is -0.264 e. The Morgan fingerprint density at radius 3 is 1.37 bits per heavy atom. The molecule has 0 amide bonds. The van der Waals surface area contributed by atoms with Crippen LogP contribution in [0.15, 0.2) is 38.0 Å². The SMILES string of the molecule is C=C[C](C(C=C)OS(=O)(=O)O)C(C=C)OS(=O)(=O)O. The summed E-state index contributed by atoms with van der Waals surface area (Å²) in [5.74, 6) is -0.153. The van der Waals surface area contributed by atoms with E-state index in [1.807, 2.05) is 0 Å². The van der Waals surface area contributed by atoms with Gasteiger partial charge >= 0.3 is 20.8 Å². The summed E-state index contributed by atoms with van der Waals surface area (Å²) in [5, 5.41) is 0. The van der Waals surface area contributed by atoms with Crippen LogP contribution in [0.25, 0.3) is 0 Å². The third-order valence-electron chi connectivity index (χ3n) is 1.77. The van der Waals surface area contributed by atoms with E-state index >= 15 is 0 Å². The minimum atomic E-state index is -4.82. The Morgan fingerprint density at radius 2 is 1.21 bits per heavy atom. The van der Waals surface area contributed by atoms with E-state index in [0.29, 0.717) is 0 Å². The molecule has 8 nitrogen and oxygen atoms in total. The summed E-state index contributed by atoms with van der Waals surface area (Å²) in [6, 6.07) is 0. The van der Waals surface area contributed by atoms with Gasteiger partial charge < -0.3 is 0 Å². The van der Waals surface area contributed by atoms with Gasteiger partial charge in [-0.2, -0.15) is 16.8 Å². The van der Waals surface area contributed by atoms with Crippen molar-refractivity contribution in [2.75, 3.05) is 0 Å². The van der Waals surface area contributed by atoms with Crippen molar-refractivity contribution in [2.45, 2.75) is 12.2 Å². The molecule has 0 aliphatic carbocycles. The van der Waals surface area contributed by atoms with E-state index in [9.17, 15) is 16.8 Å². The fourth-order valence-corrected chi connectivity index (χ4v) is 2.02. The molecule has 0 saturated heterocycles. The van der Waals surface area contributed by atoms with Gasteiger partial charge in [0.05, 0.1) is 5.92 Å². The van der Waals surface area contributed by atoms with Crippen LogP contribution >= 0.6 is 0 Å². The standard InChI is InChI=1S/C9H13O8S2/c1-4-7(8(5-2)16-18(10,11)12)9(6-3)17-19(13,14)15/h4-6,8-9H,1-3H2,(H,10,11,12)(H,13,14,15). The van der Waals surface area contributed by atoms with Crippen molar-refractivity contribution in [2.24, 2.45) is 0 Å². The molecule has 2 N–H and O–H groups in total. The zero-order valence-corrected chi connectivity index (χ0v) is 11.3. The second kappa shape index (κ2) is 6.93. The molecule has 0 saturated carbocycles. The van der Waals surface area contributed by atoms with Crippen LogP contribution in [-0.4, -0.2) is 38.1 Å². The molecule has 1 radical (unpaired) electrons. The Morgan fingerprint density at radius 1 is 0.895 bits per heavy atom. The zero-order chi connectivity index (χ0) is 15.3. The molecule has 0 heterocycles. The Bertz CT molecular complexity index is 487. The lowest BCUT2D eigenvalue weighted by atomic mass is 9.96. The molecule has 0 spiro atoms. The van der Waals surface area contributed by atoms with Crippen molar-refractivity contribution in [1.29, 1.82) is 0 Å². The van der Waals surface area contributed by atoms with Gasteiger partial charge in [-0.3, -0.25) is 9.11 Å². The van der Waals surface area contributed by atoms with E-state index in [0.717, 1.165) is 18.2 Å². The van der Waals surface area contributed by atoms with Crippen molar-refractivity contribution in [1.82, 2.24) is 0 Å². The predicted octanol–water partition coefficient (Wildman–Crippen LogP) is 0.495. The lowest BCUT2D eigenvalue weighted by molar-refractivity contribution is 0.178. The normalized spacial score (nSPS) is 15.7. The van der Waals surface area contributed by atoms with Gasteiger partial charge in [-0.25, -0.2) is 8.37 Å². The van der Waals surface area contributed by atoms with Crippen molar-refractivity contribution in [3.63, 3.8) is 0 Å². The highest BCUT2D eigenvalue weighted by Gasteiger charge is 2.31. The summed E-state index contributed by atoms with van der Waals surface area (Å²) in [7, 11) is -9.64. The number of rotatable bonds is 9. The highest BCUT2D eigenvalue weighted by atomic mass is 32.3. The quantitative estimate of drug-likeness (QED) is 0.465. The maximum Gasteiger partial charge on any atom is 0.397 e. The molecule has 10 heteroatoms. The molecule has 0 aromatic rings. The van der Waals surface area contributed by atoms with Gasteiger partial charge in [-0.05, 0) is 0 Å². The lowest BCUT2D eigenvalue weighted by Crippen LogP contribution is -2.32. The van der Waals surface area contributed by atoms with Gasteiger partial charge in [0.1, 0.15) is 12.2 Å². The molecular formula is C9H13O8S2. The summed E-state index contributed by atoms with van der Waals surface area (Å²) in [5.41, 5.74) is 0. The molecule has 109 valence electrons. The van der Waals surface area contributed by atoms with E-state index < -0.39 is 33.0 Å². The summed E-state index contributed by atoms with van der Waals surface area (Å²) in [4.78, 5) is 0. The molecular weight excluding hydrogens is 300 g/mol. The van der Waals surface area contributed by atoms with Crippen molar-refractivity contribution in [3.8, 4) is 0 Å². The van der Waals surface area contributed by atoms with Gasteiger partial charge in [-0.1, -0.05) is 18.2 Å². The minimum absolute atomic E-state index is 0.153. The molecule has 19 heavy (non-hydrogen) atoms. The second-order valence-corrected chi connectivity index (χ2v) is 5.16. The average Bonchev–Trinajstić information content (AvgIpc) is 2.23. The Balaban J connectivity index is 5.29. The van der Waals surface area contributed by atoms with Crippen LogP contribution in [0, 0.1) is 5.92 Å². The summed E-state index contributed by atoms with van der Waals surface area (Å²) < 4.78 is 68.1. The third-order valence-corrected chi connectivity index (χ3v) is 2.67. The summed E-state index contributed by atoms with van der Waals surface area (Å²) >= 11 is 0.